The van der Waals surface area contributed by atoms with E-state index in [9.17, 15) is 14.7 Å². The number of aryl methyl sites for hydroxylation is 1. The van der Waals surface area contributed by atoms with E-state index in [1.165, 1.54) is 4.57 Å². The molecular formula is C12H20N2O3S. The van der Waals surface area contributed by atoms with Gasteiger partial charge in [0, 0.05) is 17.6 Å². The molecule has 0 saturated heterocycles. The van der Waals surface area contributed by atoms with Crippen LogP contribution in [0.15, 0.2) is 10.2 Å². The van der Waals surface area contributed by atoms with Crippen molar-refractivity contribution in [3.63, 3.8) is 0 Å². The number of aliphatic hydroxyl groups is 1. The summed E-state index contributed by atoms with van der Waals surface area (Å²) in [6.07, 6.45) is -0.609. The number of thiazole rings is 1. The van der Waals surface area contributed by atoms with Crippen LogP contribution in [0.25, 0.3) is 0 Å². The Balaban J connectivity index is 2.51. The largest absolute Gasteiger partial charge is 0.391 e. The van der Waals surface area contributed by atoms with E-state index in [4.69, 9.17) is 0 Å². The van der Waals surface area contributed by atoms with Gasteiger partial charge in [0.25, 0.3) is 0 Å². The number of carbonyl (C=O) groups excluding carboxylic acids is 1. The lowest BCUT2D eigenvalue weighted by Crippen LogP contribution is -2.41. The molecule has 0 aliphatic heterocycles. The van der Waals surface area contributed by atoms with Crippen molar-refractivity contribution in [1.82, 2.24) is 9.88 Å². The number of carbonyl (C=O) groups is 1. The molecule has 0 aliphatic rings. The van der Waals surface area contributed by atoms with Crippen LogP contribution in [0.4, 0.5) is 0 Å². The van der Waals surface area contributed by atoms with Crippen molar-refractivity contribution in [1.29, 1.82) is 0 Å². The zero-order valence-corrected chi connectivity index (χ0v) is 12.0. The molecule has 0 spiro atoms. The summed E-state index contributed by atoms with van der Waals surface area (Å²) < 4.78 is 1.42. The maximum atomic E-state index is 11.7. The number of hydrogen-bond acceptors (Lipinski definition) is 4. The first-order chi connectivity index (χ1) is 8.21. The summed E-state index contributed by atoms with van der Waals surface area (Å²) in [7, 11) is 0. The fourth-order valence-corrected chi connectivity index (χ4v) is 2.05. The highest BCUT2D eigenvalue weighted by molar-refractivity contribution is 7.07. The Morgan fingerprint density at radius 1 is 1.56 bits per heavy atom. The van der Waals surface area contributed by atoms with Crippen LogP contribution in [0.1, 0.15) is 26.5 Å². The van der Waals surface area contributed by atoms with Gasteiger partial charge in [-0.25, -0.2) is 0 Å². The van der Waals surface area contributed by atoms with Gasteiger partial charge in [0.05, 0.1) is 6.10 Å². The van der Waals surface area contributed by atoms with Crippen LogP contribution in [-0.4, -0.2) is 28.2 Å². The number of aromatic nitrogens is 1. The third-order valence-electron chi connectivity index (χ3n) is 2.77. The molecule has 18 heavy (non-hydrogen) atoms. The molecule has 0 aliphatic carbocycles. The van der Waals surface area contributed by atoms with Crippen LogP contribution >= 0.6 is 11.3 Å². The maximum absolute atomic E-state index is 11.7. The van der Waals surface area contributed by atoms with Crippen molar-refractivity contribution >= 4 is 17.2 Å². The van der Waals surface area contributed by atoms with E-state index in [2.05, 4.69) is 5.32 Å². The second-order valence-corrected chi connectivity index (χ2v) is 6.24. The van der Waals surface area contributed by atoms with E-state index in [0.717, 1.165) is 17.0 Å². The molecule has 0 saturated carbocycles. The molecule has 1 aromatic heterocycles. The van der Waals surface area contributed by atoms with Gasteiger partial charge in [-0.2, -0.15) is 0 Å². The van der Waals surface area contributed by atoms with Crippen LogP contribution < -0.4 is 10.2 Å². The van der Waals surface area contributed by atoms with Crippen molar-refractivity contribution in [3.05, 3.63) is 20.7 Å². The van der Waals surface area contributed by atoms with Crippen LogP contribution in [0.3, 0.4) is 0 Å². The van der Waals surface area contributed by atoms with Gasteiger partial charge in [-0.1, -0.05) is 32.1 Å². The molecule has 1 amide bonds. The van der Waals surface area contributed by atoms with Gasteiger partial charge in [0.1, 0.15) is 6.54 Å². The molecule has 0 bridgehead atoms. The summed E-state index contributed by atoms with van der Waals surface area (Å²) in [5, 5.41) is 14.1. The molecule has 1 aromatic rings. The van der Waals surface area contributed by atoms with E-state index in [-0.39, 0.29) is 29.3 Å². The van der Waals surface area contributed by atoms with E-state index in [1.807, 2.05) is 20.8 Å². The number of nitrogens with one attached hydrogen (secondary N) is 1. The fourth-order valence-electron chi connectivity index (χ4n) is 1.31. The summed E-state index contributed by atoms with van der Waals surface area (Å²) >= 11 is 1.08. The smallest absolute Gasteiger partial charge is 0.307 e. The van der Waals surface area contributed by atoms with Gasteiger partial charge in [-0.3, -0.25) is 14.2 Å². The third kappa shape index (κ3) is 3.96. The maximum Gasteiger partial charge on any atom is 0.307 e. The zero-order valence-electron chi connectivity index (χ0n) is 11.2. The number of aliphatic hydroxyl groups excluding tert-OH is 1. The van der Waals surface area contributed by atoms with Gasteiger partial charge >= 0.3 is 4.87 Å². The number of nitrogens with zero attached hydrogens (tertiary/aromatic N) is 1. The molecular weight excluding hydrogens is 252 g/mol. The summed E-state index contributed by atoms with van der Waals surface area (Å²) in [6, 6.07) is 0. The molecule has 0 aromatic carbocycles. The quantitative estimate of drug-likeness (QED) is 0.849. The Morgan fingerprint density at radius 2 is 2.17 bits per heavy atom. The van der Waals surface area contributed by atoms with Crippen LogP contribution in [0.5, 0.6) is 0 Å². The summed E-state index contributed by atoms with van der Waals surface area (Å²) in [5.74, 6) is -0.262. The standard InChI is InChI=1S/C12H20N2O3S/c1-8-7-18-11(17)14(8)6-10(16)13-5-9(15)12(2,3)4/h7,9,15H,5-6H2,1-4H3,(H,13,16). The SMILES string of the molecule is Cc1csc(=O)n1CC(=O)NCC(O)C(C)(C)C. The lowest BCUT2D eigenvalue weighted by Gasteiger charge is -2.25. The lowest BCUT2D eigenvalue weighted by molar-refractivity contribution is -0.122. The van der Waals surface area contributed by atoms with Gasteiger partial charge in [-0.15, -0.1) is 0 Å². The first-order valence-corrected chi connectivity index (χ1v) is 6.69. The lowest BCUT2D eigenvalue weighted by atomic mass is 9.89. The summed E-state index contributed by atoms with van der Waals surface area (Å²) in [6.45, 7) is 7.69. The number of amides is 1. The monoisotopic (exact) mass is 272 g/mol. The molecule has 1 unspecified atom stereocenters. The second kappa shape index (κ2) is 5.67. The van der Waals surface area contributed by atoms with Gasteiger partial charge < -0.3 is 10.4 Å². The minimum Gasteiger partial charge on any atom is -0.391 e. The number of rotatable bonds is 4. The first-order valence-electron chi connectivity index (χ1n) is 5.81. The van der Waals surface area contributed by atoms with Crippen molar-refractivity contribution in [2.75, 3.05) is 6.54 Å². The Bertz CT molecular complexity index is 470. The molecule has 5 nitrogen and oxygen atoms in total. The topological polar surface area (TPSA) is 71.3 Å². The van der Waals surface area contributed by atoms with Gasteiger partial charge in [0.15, 0.2) is 0 Å². The molecule has 102 valence electrons. The second-order valence-electron chi connectivity index (χ2n) is 5.42. The molecule has 0 radical (unpaired) electrons. The molecule has 1 heterocycles. The highest BCUT2D eigenvalue weighted by atomic mass is 32.1. The van der Waals surface area contributed by atoms with Crippen LogP contribution in [-0.2, 0) is 11.3 Å². The average Bonchev–Trinajstić information content (AvgIpc) is 2.56. The molecule has 2 N–H and O–H groups in total. The minimum absolute atomic E-state index is 0.00499. The average molecular weight is 272 g/mol. The van der Waals surface area contributed by atoms with E-state index in [0.29, 0.717) is 0 Å². The van der Waals surface area contributed by atoms with E-state index in [1.54, 1.807) is 12.3 Å². The Kier molecular flexibility index (Phi) is 4.70. The Morgan fingerprint density at radius 3 is 2.61 bits per heavy atom. The van der Waals surface area contributed by atoms with Crippen molar-refractivity contribution < 1.29 is 9.90 Å². The zero-order chi connectivity index (χ0) is 13.9. The summed E-state index contributed by atoms with van der Waals surface area (Å²) in [5.41, 5.74) is 0.499. The van der Waals surface area contributed by atoms with Gasteiger partial charge in [-0.05, 0) is 12.3 Å². The molecule has 1 rings (SSSR count). The van der Waals surface area contributed by atoms with E-state index < -0.39 is 6.10 Å². The van der Waals surface area contributed by atoms with Crippen molar-refractivity contribution in [2.24, 2.45) is 5.41 Å². The van der Waals surface area contributed by atoms with Crippen molar-refractivity contribution in [2.45, 2.75) is 40.3 Å². The number of hydrogen-bond donors (Lipinski definition) is 2. The molecule has 6 heteroatoms. The fraction of sp³-hybridized carbons (Fsp3) is 0.667. The Hall–Kier alpha value is -1.14. The van der Waals surface area contributed by atoms with Crippen LogP contribution in [0.2, 0.25) is 0 Å². The predicted octanol–water partition coefficient (Wildman–Crippen LogP) is 0.741. The molecule has 0 fully saturated rings. The Labute approximate surface area is 110 Å². The highest BCUT2D eigenvalue weighted by Crippen LogP contribution is 2.17. The highest BCUT2D eigenvalue weighted by Gasteiger charge is 2.22. The first kappa shape index (κ1) is 14.9. The minimum atomic E-state index is -0.609. The normalized spacial score (nSPS) is 13.4. The van der Waals surface area contributed by atoms with Crippen molar-refractivity contribution in [3.8, 4) is 0 Å². The van der Waals surface area contributed by atoms with Crippen LogP contribution in [0, 0.1) is 12.3 Å². The van der Waals surface area contributed by atoms with Gasteiger partial charge in [0.2, 0.25) is 5.91 Å². The molecule has 1 atom stereocenters. The predicted molar refractivity (Wildman–Crippen MR) is 71.8 cm³/mol. The van der Waals surface area contributed by atoms with E-state index >= 15 is 0 Å². The summed E-state index contributed by atoms with van der Waals surface area (Å²) in [4.78, 5) is 23.0. The third-order valence-corrected chi connectivity index (χ3v) is 3.65.